The van der Waals surface area contributed by atoms with E-state index in [2.05, 4.69) is 76.1 Å². The molecule has 4 nitrogen and oxygen atoms in total. The first kappa shape index (κ1) is 20.2. The molecule has 1 N–H and O–H groups in total. The number of hydrogen-bond donors (Lipinski definition) is 1. The molecule has 32 heavy (non-hydrogen) atoms. The van der Waals surface area contributed by atoms with Gasteiger partial charge >= 0.3 is 0 Å². The summed E-state index contributed by atoms with van der Waals surface area (Å²) in [6.45, 7) is 2.78. The van der Waals surface area contributed by atoms with Crippen molar-refractivity contribution in [3.63, 3.8) is 0 Å². The Morgan fingerprint density at radius 2 is 1.53 bits per heavy atom. The summed E-state index contributed by atoms with van der Waals surface area (Å²) in [5.74, 6) is 1.61. The van der Waals surface area contributed by atoms with Gasteiger partial charge in [-0.05, 0) is 35.2 Å². The van der Waals surface area contributed by atoms with Gasteiger partial charge in [0.25, 0.3) is 0 Å². The lowest BCUT2D eigenvalue weighted by Crippen LogP contribution is -2.01. The summed E-state index contributed by atoms with van der Waals surface area (Å²) in [4.78, 5) is 10.0. The number of nitrogens with one attached hydrogen (secondary N) is 1. The number of hydrogen-bond acceptors (Lipinski definition) is 5. The fourth-order valence-corrected chi connectivity index (χ4v) is 4.61. The van der Waals surface area contributed by atoms with Crippen LogP contribution in [0.2, 0.25) is 0 Å². The molecule has 0 aliphatic carbocycles. The number of para-hydroxylation sites is 2. The van der Waals surface area contributed by atoms with E-state index in [4.69, 9.17) is 4.74 Å². The Kier molecular flexibility index (Phi) is 5.81. The van der Waals surface area contributed by atoms with E-state index in [0.717, 1.165) is 45.0 Å². The fraction of sp³-hybridized carbons (Fsp3) is 0.111. The minimum atomic E-state index is 0.676. The highest BCUT2D eigenvalue weighted by Gasteiger charge is 2.15. The minimum Gasteiger partial charge on any atom is -0.491 e. The van der Waals surface area contributed by atoms with Crippen molar-refractivity contribution in [2.24, 2.45) is 0 Å². The maximum atomic E-state index is 5.92. The minimum absolute atomic E-state index is 0.676. The maximum absolute atomic E-state index is 5.92. The Balaban J connectivity index is 1.52. The van der Waals surface area contributed by atoms with Crippen molar-refractivity contribution < 1.29 is 4.74 Å². The van der Waals surface area contributed by atoms with Crippen LogP contribution in [0.5, 0.6) is 5.75 Å². The SMILES string of the molecule is CCCOc1ccccc1Nc1ncnc2scc(-c3ccc(-c4ccccc4)cc3)c12. The van der Waals surface area contributed by atoms with Gasteiger partial charge in [-0.3, -0.25) is 0 Å². The molecule has 0 aliphatic heterocycles. The first-order valence-corrected chi connectivity index (χ1v) is 11.6. The molecular weight excluding hydrogens is 414 g/mol. The van der Waals surface area contributed by atoms with Crippen LogP contribution in [0.3, 0.4) is 0 Å². The smallest absolute Gasteiger partial charge is 0.143 e. The topological polar surface area (TPSA) is 47.0 Å². The van der Waals surface area contributed by atoms with Crippen molar-refractivity contribution >= 4 is 33.1 Å². The summed E-state index contributed by atoms with van der Waals surface area (Å²) in [5.41, 5.74) is 5.58. The van der Waals surface area contributed by atoms with Crippen LogP contribution in [0.4, 0.5) is 11.5 Å². The van der Waals surface area contributed by atoms with E-state index < -0.39 is 0 Å². The highest BCUT2D eigenvalue weighted by Crippen LogP contribution is 2.39. The number of fused-ring (bicyclic) bond motifs is 1. The first-order chi connectivity index (χ1) is 15.8. The van der Waals surface area contributed by atoms with Gasteiger partial charge in [0.2, 0.25) is 0 Å². The Labute approximate surface area is 191 Å². The Morgan fingerprint density at radius 1 is 0.812 bits per heavy atom. The molecule has 5 heteroatoms. The van der Waals surface area contributed by atoms with Crippen molar-refractivity contribution in [1.29, 1.82) is 0 Å². The number of aromatic nitrogens is 2. The number of nitrogens with zero attached hydrogens (tertiary/aromatic N) is 2. The molecule has 0 saturated heterocycles. The van der Waals surface area contributed by atoms with Crippen molar-refractivity contribution in [3.8, 4) is 28.0 Å². The van der Waals surface area contributed by atoms with Crippen LogP contribution >= 0.6 is 11.3 Å². The van der Waals surface area contributed by atoms with Gasteiger partial charge in [0.15, 0.2) is 0 Å². The highest BCUT2D eigenvalue weighted by atomic mass is 32.1. The summed E-state index contributed by atoms with van der Waals surface area (Å²) in [7, 11) is 0. The van der Waals surface area contributed by atoms with Gasteiger partial charge in [-0.15, -0.1) is 11.3 Å². The first-order valence-electron chi connectivity index (χ1n) is 10.7. The molecule has 0 unspecified atom stereocenters. The van der Waals surface area contributed by atoms with E-state index in [0.29, 0.717) is 6.61 Å². The van der Waals surface area contributed by atoms with Crippen molar-refractivity contribution in [2.45, 2.75) is 13.3 Å². The molecule has 0 fully saturated rings. The predicted molar refractivity (Wildman–Crippen MR) is 134 cm³/mol. The summed E-state index contributed by atoms with van der Waals surface area (Å²) in [5, 5.41) is 6.67. The molecule has 0 radical (unpaired) electrons. The van der Waals surface area contributed by atoms with Crippen molar-refractivity contribution in [3.05, 3.63) is 90.6 Å². The molecule has 5 rings (SSSR count). The lowest BCUT2D eigenvalue weighted by molar-refractivity contribution is 0.319. The molecular formula is C27H23N3OS. The second kappa shape index (κ2) is 9.20. The van der Waals surface area contributed by atoms with Gasteiger partial charge in [0.1, 0.15) is 22.7 Å². The van der Waals surface area contributed by atoms with E-state index in [-0.39, 0.29) is 0 Å². The average Bonchev–Trinajstić information content (AvgIpc) is 3.29. The van der Waals surface area contributed by atoms with Gasteiger partial charge in [-0.2, -0.15) is 0 Å². The van der Waals surface area contributed by atoms with Gasteiger partial charge in [0.05, 0.1) is 17.7 Å². The standard InChI is InChI=1S/C27H23N3OS/c1-2-16-31-24-11-7-6-10-23(24)30-26-25-22(17-32-27(25)29-18-28-26)21-14-12-20(13-15-21)19-8-4-3-5-9-19/h3-15,17-18H,2,16H2,1H3,(H,28,29,30). The number of benzene rings is 3. The zero-order valence-corrected chi connectivity index (χ0v) is 18.6. The normalized spacial score (nSPS) is 10.9. The van der Waals surface area contributed by atoms with Crippen molar-refractivity contribution in [1.82, 2.24) is 9.97 Å². The van der Waals surface area contributed by atoms with Crippen LogP contribution in [0.25, 0.3) is 32.5 Å². The fourth-order valence-electron chi connectivity index (χ4n) is 3.69. The zero-order valence-electron chi connectivity index (χ0n) is 17.8. The third kappa shape index (κ3) is 4.07. The zero-order chi connectivity index (χ0) is 21.8. The number of ether oxygens (including phenoxy) is 1. The summed E-state index contributed by atoms with van der Waals surface area (Å²) in [6.07, 6.45) is 2.57. The van der Waals surface area contributed by atoms with Crippen LogP contribution in [-0.4, -0.2) is 16.6 Å². The van der Waals surface area contributed by atoms with Crippen LogP contribution < -0.4 is 10.1 Å². The van der Waals surface area contributed by atoms with E-state index in [1.807, 2.05) is 30.3 Å². The molecule has 0 spiro atoms. The number of thiophene rings is 1. The van der Waals surface area contributed by atoms with E-state index in [1.165, 1.54) is 11.1 Å². The molecule has 0 bridgehead atoms. The quantitative estimate of drug-likeness (QED) is 0.285. The lowest BCUT2D eigenvalue weighted by Gasteiger charge is -2.13. The van der Waals surface area contributed by atoms with Gasteiger partial charge < -0.3 is 10.1 Å². The van der Waals surface area contributed by atoms with Gasteiger partial charge in [-0.25, -0.2) is 9.97 Å². The second-order valence-electron chi connectivity index (χ2n) is 7.46. The van der Waals surface area contributed by atoms with Crippen LogP contribution in [0.15, 0.2) is 90.6 Å². The predicted octanol–water partition coefficient (Wildman–Crippen LogP) is 7.56. The van der Waals surface area contributed by atoms with Crippen molar-refractivity contribution in [2.75, 3.05) is 11.9 Å². The molecule has 2 heterocycles. The van der Waals surface area contributed by atoms with E-state index >= 15 is 0 Å². The average molecular weight is 438 g/mol. The summed E-state index contributed by atoms with van der Waals surface area (Å²) in [6, 6.07) is 27.1. The second-order valence-corrected chi connectivity index (χ2v) is 8.32. The van der Waals surface area contributed by atoms with Gasteiger partial charge in [0, 0.05) is 10.9 Å². The molecule has 0 amide bonds. The van der Waals surface area contributed by atoms with Crippen LogP contribution in [-0.2, 0) is 0 Å². The molecule has 0 atom stereocenters. The summed E-state index contributed by atoms with van der Waals surface area (Å²) < 4.78 is 5.92. The highest BCUT2D eigenvalue weighted by molar-refractivity contribution is 7.17. The molecule has 0 aliphatic rings. The molecule has 158 valence electrons. The monoisotopic (exact) mass is 437 g/mol. The maximum Gasteiger partial charge on any atom is 0.143 e. The number of anilines is 2. The molecule has 2 aromatic heterocycles. The largest absolute Gasteiger partial charge is 0.491 e. The Hall–Kier alpha value is -3.70. The Morgan fingerprint density at radius 3 is 2.34 bits per heavy atom. The van der Waals surface area contributed by atoms with E-state index in [1.54, 1.807) is 17.7 Å². The van der Waals surface area contributed by atoms with Crippen LogP contribution in [0, 0.1) is 0 Å². The third-order valence-corrected chi connectivity index (χ3v) is 6.16. The molecule has 0 saturated carbocycles. The lowest BCUT2D eigenvalue weighted by atomic mass is 10.0. The number of rotatable bonds is 7. The summed E-state index contributed by atoms with van der Waals surface area (Å²) >= 11 is 1.63. The molecule has 5 aromatic rings. The third-order valence-electron chi connectivity index (χ3n) is 5.28. The van der Waals surface area contributed by atoms with Crippen LogP contribution in [0.1, 0.15) is 13.3 Å². The Bertz CT molecular complexity index is 1330. The van der Waals surface area contributed by atoms with Gasteiger partial charge in [-0.1, -0.05) is 73.7 Å². The molecule has 3 aromatic carbocycles. The van der Waals surface area contributed by atoms with E-state index in [9.17, 15) is 0 Å².